The van der Waals surface area contributed by atoms with E-state index in [0.717, 1.165) is 35.3 Å². The number of aromatic nitrogens is 3. The Morgan fingerprint density at radius 2 is 2.08 bits per heavy atom. The minimum atomic E-state index is -0.314. The van der Waals surface area contributed by atoms with E-state index in [1.807, 2.05) is 12.1 Å². The highest BCUT2D eigenvalue weighted by atomic mass is 35.5. The third-order valence-corrected chi connectivity index (χ3v) is 4.80. The molecule has 0 radical (unpaired) electrons. The number of benzene rings is 1. The summed E-state index contributed by atoms with van der Waals surface area (Å²) in [6, 6.07) is 7.77. The summed E-state index contributed by atoms with van der Waals surface area (Å²) >= 11 is 7.46. The summed E-state index contributed by atoms with van der Waals surface area (Å²) in [5, 5.41) is 10.1. The molecule has 24 heavy (non-hydrogen) atoms. The number of carbonyl (C=O) groups excluding carboxylic acids is 1. The number of rotatable bonds is 9. The van der Waals surface area contributed by atoms with E-state index in [-0.39, 0.29) is 5.91 Å². The van der Waals surface area contributed by atoms with Gasteiger partial charge in [-0.15, -0.1) is 10.2 Å². The predicted molar refractivity (Wildman–Crippen MR) is 93.5 cm³/mol. The van der Waals surface area contributed by atoms with Crippen LogP contribution in [0.3, 0.4) is 0 Å². The average molecular weight is 367 g/mol. The number of amides is 1. The molecule has 2 aromatic rings. The summed E-state index contributed by atoms with van der Waals surface area (Å²) in [6.07, 6.45) is 3.11. The second-order valence-corrected chi connectivity index (χ2v) is 7.12. The Hall–Kier alpha value is -1.73. The number of carbonyl (C=O) groups is 1. The van der Waals surface area contributed by atoms with E-state index >= 15 is 0 Å². The molecule has 0 aliphatic heterocycles. The van der Waals surface area contributed by atoms with Crippen molar-refractivity contribution < 1.29 is 9.53 Å². The minimum absolute atomic E-state index is 0.301. The zero-order valence-electron chi connectivity index (χ0n) is 13.2. The van der Waals surface area contributed by atoms with Crippen LogP contribution in [0.2, 0.25) is 5.02 Å². The average Bonchev–Trinajstić information content (AvgIpc) is 3.32. The van der Waals surface area contributed by atoms with Crippen LogP contribution in [0.4, 0.5) is 0 Å². The summed E-state index contributed by atoms with van der Waals surface area (Å²) in [4.78, 5) is 11.0. The van der Waals surface area contributed by atoms with E-state index < -0.39 is 0 Å². The van der Waals surface area contributed by atoms with Crippen molar-refractivity contribution in [2.45, 2.75) is 36.9 Å². The molecule has 1 heterocycles. The first-order valence-corrected chi connectivity index (χ1v) is 9.23. The Bertz CT molecular complexity index is 701. The summed E-state index contributed by atoms with van der Waals surface area (Å²) < 4.78 is 7.84. The lowest BCUT2D eigenvalue weighted by Crippen LogP contribution is -2.13. The van der Waals surface area contributed by atoms with Crippen LogP contribution >= 0.6 is 23.4 Å². The molecule has 1 aromatic heterocycles. The Kier molecular flexibility index (Phi) is 5.63. The van der Waals surface area contributed by atoms with Crippen LogP contribution in [0.5, 0.6) is 5.75 Å². The second kappa shape index (κ2) is 7.90. The van der Waals surface area contributed by atoms with Crippen molar-refractivity contribution in [2.75, 3.05) is 12.4 Å². The zero-order chi connectivity index (χ0) is 16.9. The first kappa shape index (κ1) is 17.1. The Labute approximate surface area is 149 Å². The molecule has 1 saturated carbocycles. The third-order valence-electron chi connectivity index (χ3n) is 3.64. The molecular weight excluding hydrogens is 348 g/mol. The number of nitrogens with two attached hydrogens (primary N) is 1. The van der Waals surface area contributed by atoms with Crippen molar-refractivity contribution in [3.05, 3.63) is 35.1 Å². The monoisotopic (exact) mass is 366 g/mol. The van der Waals surface area contributed by atoms with Gasteiger partial charge < -0.3 is 15.0 Å². The van der Waals surface area contributed by atoms with E-state index in [4.69, 9.17) is 22.1 Å². The number of hydrogen-bond donors (Lipinski definition) is 1. The lowest BCUT2D eigenvalue weighted by molar-refractivity contribution is -0.118. The van der Waals surface area contributed by atoms with Gasteiger partial charge in [0.25, 0.3) is 0 Å². The maximum Gasteiger partial charge on any atom is 0.217 e. The van der Waals surface area contributed by atoms with Gasteiger partial charge in [-0.1, -0.05) is 23.4 Å². The lowest BCUT2D eigenvalue weighted by atomic mass is 10.3. The Morgan fingerprint density at radius 3 is 2.75 bits per heavy atom. The largest absolute Gasteiger partial charge is 0.493 e. The molecule has 1 aliphatic carbocycles. The van der Waals surface area contributed by atoms with Crippen LogP contribution < -0.4 is 10.5 Å². The molecule has 0 saturated heterocycles. The molecule has 6 nitrogen and oxygen atoms in total. The van der Waals surface area contributed by atoms with Crippen molar-refractivity contribution in [3.63, 3.8) is 0 Å². The normalized spacial score (nSPS) is 13.9. The molecule has 8 heteroatoms. The van der Waals surface area contributed by atoms with Gasteiger partial charge in [0.2, 0.25) is 5.91 Å². The zero-order valence-corrected chi connectivity index (χ0v) is 14.7. The Morgan fingerprint density at radius 1 is 1.33 bits per heavy atom. The fourth-order valence-corrected chi connectivity index (χ4v) is 3.30. The van der Waals surface area contributed by atoms with Gasteiger partial charge in [-0.3, -0.25) is 4.79 Å². The van der Waals surface area contributed by atoms with Gasteiger partial charge in [0.05, 0.1) is 6.61 Å². The van der Waals surface area contributed by atoms with Crippen LogP contribution in [-0.4, -0.2) is 33.0 Å². The van der Waals surface area contributed by atoms with Crippen molar-refractivity contribution in [1.82, 2.24) is 14.8 Å². The fourth-order valence-electron chi connectivity index (χ4n) is 2.33. The molecule has 0 bridgehead atoms. The third kappa shape index (κ3) is 4.64. The smallest absolute Gasteiger partial charge is 0.217 e. The lowest BCUT2D eigenvalue weighted by Gasteiger charge is -2.09. The van der Waals surface area contributed by atoms with Gasteiger partial charge in [0, 0.05) is 29.7 Å². The Balaban J connectivity index is 1.53. The molecule has 128 valence electrons. The number of thioether (sulfide) groups is 1. The number of nitrogens with zero attached hydrogens (tertiary/aromatic N) is 3. The summed E-state index contributed by atoms with van der Waals surface area (Å²) in [5.74, 6) is 2.10. The van der Waals surface area contributed by atoms with Crippen LogP contribution in [0.15, 0.2) is 29.4 Å². The molecule has 1 aliphatic rings. The number of hydrogen-bond acceptors (Lipinski definition) is 5. The molecule has 1 amide bonds. The number of halogens is 1. The van der Waals surface area contributed by atoms with E-state index in [1.54, 1.807) is 23.9 Å². The number of ether oxygens (including phenoxy) is 1. The first-order chi connectivity index (χ1) is 11.6. The quantitative estimate of drug-likeness (QED) is 0.545. The fraction of sp³-hybridized carbons (Fsp3) is 0.438. The summed E-state index contributed by atoms with van der Waals surface area (Å²) in [7, 11) is 0. The highest BCUT2D eigenvalue weighted by Crippen LogP contribution is 2.38. The van der Waals surface area contributed by atoms with E-state index in [1.165, 1.54) is 0 Å². The highest BCUT2D eigenvalue weighted by Gasteiger charge is 2.29. The molecular formula is C16H19ClN4O2S. The standard InChI is InChI=1S/C16H19ClN4O2S/c17-11-1-5-13(6-2-11)23-9-10-24-16-20-19-15(8-7-14(18)22)21(16)12-3-4-12/h1-2,5-6,12H,3-4,7-10H2,(H2,18,22). The molecule has 2 N–H and O–H groups in total. The van der Waals surface area contributed by atoms with Gasteiger partial charge in [-0.2, -0.15) is 0 Å². The second-order valence-electron chi connectivity index (χ2n) is 5.62. The SMILES string of the molecule is NC(=O)CCc1nnc(SCCOc2ccc(Cl)cc2)n1C1CC1. The maximum atomic E-state index is 11.0. The van der Waals surface area contributed by atoms with Gasteiger partial charge in [0.1, 0.15) is 11.6 Å². The van der Waals surface area contributed by atoms with Crippen LogP contribution in [-0.2, 0) is 11.2 Å². The summed E-state index contributed by atoms with van der Waals surface area (Å²) in [5.41, 5.74) is 5.23. The minimum Gasteiger partial charge on any atom is -0.493 e. The number of aryl methyl sites for hydroxylation is 1. The molecule has 1 aromatic carbocycles. The van der Waals surface area contributed by atoms with Crippen LogP contribution in [0.25, 0.3) is 0 Å². The molecule has 0 unspecified atom stereocenters. The molecule has 0 spiro atoms. The topological polar surface area (TPSA) is 83.0 Å². The first-order valence-electron chi connectivity index (χ1n) is 7.86. The van der Waals surface area contributed by atoms with Crippen molar-refractivity contribution >= 4 is 29.3 Å². The van der Waals surface area contributed by atoms with Crippen LogP contribution in [0, 0.1) is 0 Å². The van der Waals surface area contributed by atoms with Crippen molar-refractivity contribution in [3.8, 4) is 5.75 Å². The van der Waals surface area contributed by atoms with Gasteiger partial charge >= 0.3 is 0 Å². The van der Waals surface area contributed by atoms with Crippen molar-refractivity contribution in [1.29, 1.82) is 0 Å². The highest BCUT2D eigenvalue weighted by molar-refractivity contribution is 7.99. The van der Waals surface area contributed by atoms with E-state index in [2.05, 4.69) is 14.8 Å². The molecule has 3 rings (SSSR count). The van der Waals surface area contributed by atoms with Crippen LogP contribution in [0.1, 0.15) is 31.1 Å². The molecule has 1 fully saturated rings. The van der Waals surface area contributed by atoms with Gasteiger partial charge in [-0.25, -0.2) is 0 Å². The van der Waals surface area contributed by atoms with Gasteiger partial charge in [0.15, 0.2) is 5.16 Å². The van der Waals surface area contributed by atoms with Crippen molar-refractivity contribution in [2.24, 2.45) is 5.73 Å². The summed E-state index contributed by atoms with van der Waals surface area (Å²) in [6.45, 7) is 0.570. The predicted octanol–water partition coefficient (Wildman–Crippen LogP) is 2.86. The molecule has 0 atom stereocenters. The number of primary amides is 1. The van der Waals surface area contributed by atoms with E-state index in [9.17, 15) is 4.79 Å². The van der Waals surface area contributed by atoms with Gasteiger partial charge in [-0.05, 0) is 37.1 Å². The van der Waals surface area contributed by atoms with E-state index in [0.29, 0.717) is 30.5 Å². The maximum absolute atomic E-state index is 11.0.